The van der Waals surface area contributed by atoms with Gasteiger partial charge in [-0.25, -0.2) is 0 Å². The van der Waals surface area contributed by atoms with Crippen molar-refractivity contribution in [2.45, 2.75) is 32.6 Å². The molecule has 140 valence electrons. The van der Waals surface area contributed by atoms with E-state index >= 15 is 0 Å². The summed E-state index contributed by atoms with van der Waals surface area (Å²) in [7, 11) is 1.62. The minimum Gasteiger partial charge on any atom is -0.497 e. The fraction of sp³-hybridized carbons (Fsp3) is 0.421. The van der Waals surface area contributed by atoms with Gasteiger partial charge in [-0.15, -0.1) is 0 Å². The van der Waals surface area contributed by atoms with Gasteiger partial charge in [0.05, 0.1) is 18.6 Å². The maximum absolute atomic E-state index is 12.2. The molecule has 0 atom stereocenters. The largest absolute Gasteiger partial charge is 0.497 e. The van der Waals surface area contributed by atoms with Crippen LogP contribution in [-0.4, -0.2) is 41.4 Å². The first kappa shape index (κ1) is 20.5. The summed E-state index contributed by atoms with van der Waals surface area (Å²) in [4.78, 5) is 26.6. The van der Waals surface area contributed by atoms with Crippen LogP contribution in [0.4, 0.5) is 4.79 Å². The molecule has 1 amide bonds. The van der Waals surface area contributed by atoms with Gasteiger partial charge in [-0.2, -0.15) is 0 Å². The molecule has 1 aromatic rings. The van der Waals surface area contributed by atoms with Crippen molar-refractivity contribution in [3.8, 4) is 5.75 Å². The first-order valence-electron chi connectivity index (χ1n) is 8.60. The van der Waals surface area contributed by atoms with Gasteiger partial charge in [-0.1, -0.05) is 37.7 Å². The van der Waals surface area contributed by atoms with Gasteiger partial charge in [0.25, 0.3) is 5.24 Å². The summed E-state index contributed by atoms with van der Waals surface area (Å²) in [6, 6.07) is 7.54. The number of thioether (sulfide) groups is 1. The Labute approximate surface area is 163 Å². The van der Waals surface area contributed by atoms with Gasteiger partial charge in [0.15, 0.2) is 0 Å². The van der Waals surface area contributed by atoms with Crippen molar-refractivity contribution in [1.82, 2.24) is 4.90 Å². The smallest absolute Gasteiger partial charge is 0.305 e. The number of unbranched alkanes of at least 4 members (excludes halogenated alkanes) is 1. The molecule has 26 heavy (non-hydrogen) atoms. The monoisotopic (exact) mass is 393 g/mol. The van der Waals surface area contributed by atoms with Gasteiger partial charge in [0, 0.05) is 13.0 Å². The third kappa shape index (κ3) is 5.85. The van der Waals surface area contributed by atoms with Gasteiger partial charge in [0.2, 0.25) is 0 Å². The van der Waals surface area contributed by atoms with Crippen molar-refractivity contribution < 1.29 is 19.1 Å². The van der Waals surface area contributed by atoms with Crippen LogP contribution < -0.4 is 4.74 Å². The molecule has 1 aliphatic heterocycles. The molecule has 5 nitrogen and oxygen atoms in total. The number of hydrogen-bond acceptors (Lipinski definition) is 6. The summed E-state index contributed by atoms with van der Waals surface area (Å²) in [5.41, 5.74) is 0.949. The Balaban J connectivity index is 1.87. The summed E-state index contributed by atoms with van der Waals surface area (Å²) < 4.78 is 10.3. The van der Waals surface area contributed by atoms with Crippen molar-refractivity contribution in [3.05, 3.63) is 34.7 Å². The second-order valence-corrected chi connectivity index (χ2v) is 7.16. The number of rotatable bonds is 9. The number of amides is 1. The van der Waals surface area contributed by atoms with Crippen molar-refractivity contribution in [3.63, 3.8) is 0 Å². The molecule has 1 saturated heterocycles. The number of esters is 1. The van der Waals surface area contributed by atoms with Crippen LogP contribution in [0.1, 0.15) is 38.2 Å². The topological polar surface area (TPSA) is 55.8 Å². The predicted octanol–water partition coefficient (Wildman–Crippen LogP) is 4.66. The molecule has 0 spiro atoms. The SMILES string of the molecule is CCCCOC(=O)CCCN1C(=O)SC(=Cc2ccc(OC)cc2)C1=S. The molecular formula is C19H23NO4S2. The molecule has 0 aromatic heterocycles. The summed E-state index contributed by atoms with van der Waals surface area (Å²) in [5.74, 6) is 0.551. The zero-order chi connectivity index (χ0) is 18.9. The standard InChI is InChI=1S/C19H23NO4S2/c1-3-4-12-24-17(21)6-5-11-20-18(25)16(26-19(20)22)13-14-7-9-15(23-2)10-8-14/h7-10,13H,3-6,11-12H2,1-2H3. The molecule has 2 rings (SSSR count). The second-order valence-electron chi connectivity index (χ2n) is 5.78. The van der Waals surface area contributed by atoms with Crippen LogP contribution in [0, 0.1) is 0 Å². The molecule has 0 unspecified atom stereocenters. The zero-order valence-corrected chi connectivity index (χ0v) is 16.7. The van der Waals surface area contributed by atoms with Crippen molar-refractivity contribution in [2.75, 3.05) is 20.3 Å². The maximum atomic E-state index is 12.2. The summed E-state index contributed by atoms with van der Waals surface area (Å²) in [6.07, 6.45) is 4.58. The van der Waals surface area contributed by atoms with Crippen LogP contribution in [0.15, 0.2) is 29.2 Å². The number of methoxy groups -OCH3 is 1. The van der Waals surface area contributed by atoms with Gasteiger partial charge < -0.3 is 9.47 Å². The molecular weight excluding hydrogens is 370 g/mol. The zero-order valence-electron chi connectivity index (χ0n) is 15.0. The van der Waals surface area contributed by atoms with Crippen LogP contribution in [-0.2, 0) is 9.53 Å². The lowest BCUT2D eigenvalue weighted by Gasteiger charge is -2.14. The van der Waals surface area contributed by atoms with E-state index in [0.29, 0.717) is 24.6 Å². The highest BCUT2D eigenvalue weighted by Gasteiger charge is 2.31. The van der Waals surface area contributed by atoms with Crippen LogP contribution in [0.25, 0.3) is 6.08 Å². The first-order valence-corrected chi connectivity index (χ1v) is 9.82. The van der Waals surface area contributed by atoms with E-state index in [1.54, 1.807) is 12.0 Å². The summed E-state index contributed by atoms with van der Waals surface area (Å²) >= 11 is 6.55. The van der Waals surface area contributed by atoms with E-state index in [1.165, 1.54) is 0 Å². The molecule has 0 radical (unpaired) electrons. The molecule has 1 fully saturated rings. The lowest BCUT2D eigenvalue weighted by molar-refractivity contribution is -0.143. The fourth-order valence-corrected chi connectivity index (χ4v) is 3.62. The molecule has 1 heterocycles. The normalized spacial score (nSPS) is 15.6. The Morgan fingerprint density at radius 1 is 1.27 bits per heavy atom. The highest BCUT2D eigenvalue weighted by Crippen LogP contribution is 2.33. The van der Waals surface area contributed by atoms with E-state index in [0.717, 1.165) is 40.8 Å². The average Bonchev–Trinajstić information content (AvgIpc) is 2.90. The molecule has 0 N–H and O–H groups in total. The summed E-state index contributed by atoms with van der Waals surface area (Å²) in [5, 5.41) is -0.103. The fourth-order valence-electron chi connectivity index (χ4n) is 2.33. The third-order valence-corrected chi connectivity index (χ3v) is 5.31. The van der Waals surface area contributed by atoms with Crippen LogP contribution in [0.2, 0.25) is 0 Å². The van der Waals surface area contributed by atoms with E-state index in [-0.39, 0.29) is 17.6 Å². The third-order valence-electron chi connectivity index (χ3n) is 3.81. The predicted molar refractivity (Wildman–Crippen MR) is 108 cm³/mol. The Morgan fingerprint density at radius 3 is 2.65 bits per heavy atom. The van der Waals surface area contributed by atoms with Crippen LogP contribution in [0.3, 0.4) is 0 Å². The van der Waals surface area contributed by atoms with E-state index in [2.05, 4.69) is 0 Å². The van der Waals surface area contributed by atoms with Crippen molar-refractivity contribution in [2.24, 2.45) is 0 Å². The Kier molecular flexibility index (Phi) is 8.12. The van der Waals surface area contributed by atoms with E-state index < -0.39 is 0 Å². The molecule has 1 aromatic carbocycles. The number of benzene rings is 1. The lowest BCUT2D eigenvalue weighted by atomic mass is 10.2. The lowest BCUT2D eigenvalue weighted by Crippen LogP contribution is -2.28. The second kappa shape index (κ2) is 10.3. The minimum absolute atomic E-state index is 0.103. The van der Waals surface area contributed by atoms with Gasteiger partial charge >= 0.3 is 5.97 Å². The minimum atomic E-state index is -0.224. The van der Waals surface area contributed by atoms with Crippen LogP contribution >= 0.6 is 24.0 Å². The van der Waals surface area contributed by atoms with Crippen molar-refractivity contribution in [1.29, 1.82) is 0 Å². The molecule has 0 saturated carbocycles. The number of nitrogens with zero attached hydrogens (tertiary/aromatic N) is 1. The quantitative estimate of drug-likeness (QED) is 0.263. The number of hydrogen-bond donors (Lipinski definition) is 0. The number of carbonyl (C=O) groups excluding carboxylic acids is 2. The Bertz CT molecular complexity index is 685. The number of thiocarbonyl (C=S) groups is 1. The van der Waals surface area contributed by atoms with Gasteiger partial charge in [-0.3, -0.25) is 14.5 Å². The number of ether oxygens (including phenoxy) is 2. The van der Waals surface area contributed by atoms with Gasteiger partial charge in [0.1, 0.15) is 10.7 Å². The average molecular weight is 394 g/mol. The number of carbonyl (C=O) groups is 2. The Hall–Kier alpha value is -1.86. The van der Waals surface area contributed by atoms with E-state index in [9.17, 15) is 9.59 Å². The highest BCUT2D eigenvalue weighted by molar-refractivity contribution is 8.19. The first-order chi connectivity index (χ1) is 12.5. The van der Waals surface area contributed by atoms with Crippen LogP contribution in [0.5, 0.6) is 5.75 Å². The Morgan fingerprint density at radius 2 is 2.00 bits per heavy atom. The maximum Gasteiger partial charge on any atom is 0.305 e. The summed E-state index contributed by atoms with van der Waals surface area (Å²) in [6.45, 7) is 2.93. The van der Waals surface area contributed by atoms with Crippen molar-refractivity contribution >= 4 is 46.3 Å². The molecule has 7 heteroatoms. The van der Waals surface area contributed by atoms with E-state index in [1.807, 2.05) is 37.3 Å². The highest BCUT2D eigenvalue weighted by atomic mass is 32.2. The molecule has 1 aliphatic rings. The molecule has 0 bridgehead atoms. The molecule has 0 aliphatic carbocycles. The van der Waals surface area contributed by atoms with E-state index in [4.69, 9.17) is 21.7 Å². The van der Waals surface area contributed by atoms with Gasteiger partial charge in [-0.05, 0) is 48.4 Å².